The van der Waals surface area contributed by atoms with Gasteiger partial charge in [0.1, 0.15) is 0 Å². The highest BCUT2D eigenvalue weighted by Gasteiger charge is 2.25. The van der Waals surface area contributed by atoms with Gasteiger partial charge in [0.2, 0.25) is 0 Å². The smallest absolute Gasteiger partial charge is 0.257 e. The van der Waals surface area contributed by atoms with E-state index in [4.69, 9.17) is 0 Å². The number of fused-ring (bicyclic) bond motifs is 2. The number of thioether (sulfide) groups is 1. The van der Waals surface area contributed by atoms with Crippen LogP contribution >= 0.6 is 11.8 Å². The molecule has 1 atom stereocenters. The van der Waals surface area contributed by atoms with E-state index in [-0.39, 0.29) is 5.56 Å². The van der Waals surface area contributed by atoms with Crippen LogP contribution in [0.2, 0.25) is 0 Å². The molecule has 1 aromatic heterocycles. The highest BCUT2D eigenvalue weighted by molar-refractivity contribution is 7.99. The predicted molar refractivity (Wildman–Crippen MR) is 60.6 cm³/mol. The van der Waals surface area contributed by atoms with E-state index in [1.807, 2.05) is 4.57 Å². The fourth-order valence-electron chi connectivity index (χ4n) is 2.42. The lowest BCUT2D eigenvalue weighted by Gasteiger charge is -2.24. The molecule has 0 spiro atoms. The summed E-state index contributed by atoms with van der Waals surface area (Å²) >= 11 is 1.72. The molecule has 0 N–H and O–H groups in total. The van der Waals surface area contributed by atoms with Crippen molar-refractivity contribution in [2.45, 2.75) is 43.8 Å². The molecule has 0 amide bonds. The van der Waals surface area contributed by atoms with Gasteiger partial charge in [-0.15, -0.1) is 0 Å². The van der Waals surface area contributed by atoms with Gasteiger partial charge in [0.05, 0.1) is 5.69 Å². The summed E-state index contributed by atoms with van der Waals surface area (Å²) in [5.74, 6) is 1.09. The first-order valence-electron chi connectivity index (χ1n) is 5.54. The number of aryl methyl sites for hydroxylation is 1. The molecule has 2 aliphatic rings. The third-order valence-electron chi connectivity index (χ3n) is 3.31. The minimum Gasteiger partial charge on any atom is -0.285 e. The summed E-state index contributed by atoms with van der Waals surface area (Å²) in [6.45, 7) is 2.12. The lowest BCUT2D eigenvalue weighted by Crippen LogP contribution is -2.31. The first-order valence-corrected chi connectivity index (χ1v) is 6.53. The zero-order chi connectivity index (χ0) is 10.4. The molecule has 0 radical (unpaired) electrons. The van der Waals surface area contributed by atoms with Crippen molar-refractivity contribution in [3.8, 4) is 0 Å². The van der Waals surface area contributed by atoms with E-state index in [9.17, 15) is 4.79 Å². The Hall–Kier alpha value is -0.770. The Labute approximate surface area is 92.9 Å². The van der Waals surface area contributed by atoms with Gasteiger partial charge in [0.25, 0.3) is 5.56 Å². The average molecular weight is 222 g/mol. The maximum atomic E-state index is 12.2. The number of rotatable bonds is 0. The molecule has 0 aromatic carbocycles. The van der Waals surface area contributed by atoms with Crippen LogP contribution in [0.15, 0.2) is 9.95 Å². The van der Waals surface area contributed by atoms with Crippen LogP contribution in [-0.4, -0.2) is 15.3 Å². The van der Waals surface area contributed by atoms with Gasteiger partial charge in [-0.25, -0.2) is 4.98 Å². The molecule has 0 saturated carbocycles. The topological polar surface area (TPSA) is 34.9 Å². The number of hydrogen-bond donors (Lipinski definition) is 0. The first-order chi connectivity index (χ1) is 7.27. The summed E-state index contributed by atoms with van der Waals surface area (Å²) in [5.41, 5.74) is 2.27. The summed E-state index contributed by atoms with van der Waals surface area (Å²) in [4.78, 5) is 16.9. The number of aromatic nitrogens is 2. The summed E-state index contributed by atoms with van der Waals surface area (Å²) in [5, 5.41) is 0.944. The molecule has 0 fully saturated rings. The van der Waals surface area contributed by atoms with Gasteiger partial charge in [-0.05, 0) is 32.6 Å². The van der Waals surface area contributed by atoms with Crippen molar-refractivity contribution >= 4 is 11.8 Å². The summed E-state index contributed by atoms with van der Waals surface area (Å²) in [7, 11) is 0. The molecule has 1 aliphatic heterocycles. The summed E-state index contributed by atoms with van der Waals surface area (Å²) in [6.07, 6.45) is 4.10. The molecular weight excluding hydrogens is 208 g/mol. The van der Waals surface area contributed by atoms with Crippen molar-refractivity contribution in [1.82, 2.24) is 9.55 Å². The molecule has 0 unspecified atom stereocenters. The Morgan fingerprint density at radius 2 is 2.33 bits per heavy atom. The minimum absolute atomic E-state index is 0.229. The van der Waals surface area contributed by atoms with Crippen molar-refractivity contribution in [3.05, 3.63) is 21.6 Å². The van der Waals surface area contributed by atoms with Gasteiger partial charge < -0.3 is 0 Å². The second kappa shape index (κ2) is 3.37. The van der Waals surface area contributed by atoms with Crippen LogP contribution in [0, 0.1) is 0 Å². The van der Waals surface area contributed by atoms with Crippen molar-refractivity contribution in [2.75, 3.05) is 5.75 Å². The Morgan fingerprint density at radius 1 is 1.47 bits per heavy atom. The van der Waals surface area contributed by atoms with Crippen LogP contribution in [0.4, 0.5) is 0 Å². The van der Waals surface area contributed by atoms with Gasteiger partial charge in [-0.3, -0.25) is 9.36 Å². The SMILES string of the molecule is C[C@H]1CCSc2nc3c(c(=O)n21)CCC3. The molecule has 2 heterocycles. The summed E-state index contributed by atoms with van der Waals surface area (Å²) < 4.78 is 1.90. The molecule has 3 nitrogen and oxygen atoms in total. The quantitative estimate of drug-likeness (QED) is 0.628. The fraction of sp³-hybridized carbons (Fsp3) is 0.636. The normalized spacial score (nSPS) is 23.7. The van der Waals surface area contributed by atoms with Gasteiger partial charge in [-0.2, -0.15) is 0 Å². The molecule has 80 valence electrons. The zero-order valence-electron chi connectivity index (χ0n) is 8.82. The Morgan fingerprint density at radius 3 is 3.20 bits per heavy atom. The molecule has 4 heteroatoms. The van der Waals surface area contributed by atoms with Crippen LogP contribution in [0.25, 0.3) is 0 Å². The largest absolute Gasteiger partial charge is 0.285 e. The highest BCUT2D eigenvalue weighted by atomic mass is 32.2. The number of nitrogens with zero attached hydrogens (tertiary/aromatic N) is 2. The monoisotopic (exact) mass is 222 g/mol. The third kappa shape index (κ3) is 1.34. The standard InChI is InChI=1S/C11H14N2OS/c1-7-5-6-15-11-12-9-4-2-3-8(9)10(14)13(7)11/h7H,2-6H2,1H3/t7-/m0/s1. The Kier molecular flexibility index (Phi) is 2.12. The van der Waals surface area contributed by atoms with E-state index >= 15 is 0 Å². The van der Waals surface area contributed by atoms with Crippen LogP contribution in [-0.2, 0) is 12.8 Å². The van der Waals surface area contributed by atoms with Crippen LogP contribution in [0.5, 0.6) is 0 Å². The molecule has 15 heavy (non-hydrogen) atoms. The second-order valence-corrected chi connectivity index (χ2v) is 5.40. The van der Waals surface area contributed by atoms with Crippen molar-refractivity contribution < 1.29 is 0 Å². The third-order valence-corrected chi connectivity index (χ3v) is 4.30. The Bertz CT molecular complexity index is 466. The van der Waals surface area contributed by atoms with Crippen molar-refractivity contribution in [3.63, 3.8) is 0 Å². The van der Waals surface area contributed by atoms with Crippen molar-refractivity contribution in [2.24, 2.45) is 0 Å². The zero-order valence-corrected chi connectivity index (χ0v) is 9.64. The first kappa shape index (κ1) is 9.46. The van der Waals surface area contributed by atoms with Crippen LogP contribution < -0.4 is 5.56 Å². The molecule has 1 aromatic rings. The fourth-order valence-corrected chi connectivity index (χ4v) is 3.64. The van der Waals surface area contributed by atoms with E-state index in [0.29, 0.717) is 6.04 Å². The van der Waals surface area contributed by atoms with E-state index in [0.717, 1.165) is 47.8 Å². The molecule has 1 aliphatic carbocycles. The highest BCUT2D eigenvalue weighted by Crippen LogP contribution is 2.30. The lowest BCUT2D eigenvalue weighted by atomic mass is 10.2. The minimum atomic E-state index is 0.229. The lowest BCUT2D eigenvalue weighted by molar-refractivity contribution is 0.448. The second-order valence-electron chi connectivity index (χ2n) is 4.33. The van der Waals surface area contributed by atoms with Gasteiger partial charge in [0, 0.05) is 17.4 Å². The molecule has 0 saturated heterocycles. The summed E-state index contributed by atoms with van der Waals surface area (Å²) in [6, 6.07) is 0.326. The molecule has 3 rings (SSSR count). The van der Waals surface area contributed by atoms with E-state index in [2.05, 4.69) is 11.9 Å². The predicted octanol–water partition coefficient (Wildman–Crippen LogP) is 1.79. The van der Waals surface area contributed by atoms with Crippen LogP contribution in [0.3, 0.4) is 0 Å². The van der Waals surface area contributed by atoms with Gasteiger partial charge in [0.15, 0.2) is 5.16 Å². The molecular formula is C11H14N2OS. The van der Waals surface area contributed by atoms with E-state index in [1.54, 1.807) is 11.8 Å². The maximum absolute atomic E-state index is 12.2. The van der Waals surface area contributed by atoms with E-state index in [1.165, 1.54) is 0 Å². The maximum Gasteiger partial charge on any atom is 0.257 e. The van der Waals surface area contributed by atoms with Crippen LogP contribution in [0.1, 0.15) is 37.1 Å². The number of hydrogen-bond acceptors (Lipinski definition) is 3. The Balaban J connectivity index is 2.26. The van der Waals surface area contributed by atoms with Gasteiger partial charge in [-0.1, -0.05) is 11.8 Å². The molecule has 0 bridgehead atoms. The van der Waals surface area contributed by atoms with Crippen molar-refractivity contribution in [1.29, 1.82) is 0 Å². The average Bonchev–Trinajstić information content (AvgIpc) is 2.66. The van der Waals surface area contributed by atoms with E-state index < -0.39 is 0 Å². The van der Waals surface area contributed by atoms with Gasteiger partial charge >= 0.3 is 0 Å².